The molecule has 0 radical (unpaired) electrons. The summed E-state index contributed by atoms with van der Waals surface area (Å²) in [4.78, 5) is -0.884. The fourth-order valence-electron chi connectivity index (χ4n) is 3.50. The average molecular weight is 542 g/mol. The summed E-state index contributed by atoms with van der Waals surface area (Å²) in [5, 5.41) is 0.255. The highest BCUT2D eigenvalue weighted by molar-refractivity contribution is 7.94. The Morgan fingerprint density at radius 1 is 0.765 bits per heavy atom. The monoisotopic (exact) mass is 541 g/mol. The van der Waals surface area contributed by atoms with Gasteiger partial charge < -0.3 is 0 Å². The van der Waals surface area contributed by atoms with E-state index in [4.69, 9.17) is 11.6 Å². The highest BCUT2D eigenvalue weighted by atomic mass is 35.5. The smallest absolute Gasteiger partial charge is 0.209 e. The van der Waals surface area contributed by atoms with E-state index < -0.39 is 35.7 Å². The number of hydrogen-bond donors (Lipinski definition) is 1. The van der Waals surface area contributed by atoms with Crippen molar-refractivity contribution in [2.45, 2.75) is 46.4 Å². The average Bonchev–Trinajstić information content (AvgIpc) is 2.74. The third kappa shape index (κ3) is 5.36. The molecule has 0 bridgehead atoms. The Kier molecular flexibility index (Phi) is 7.31. The van der Waals surface area contributed by atoms with Crippen LogP contribution in [0.3, 0.4) is 0 Å². The first-order valence-electron chi connectivity index (χ1n) is 10.1. The second-order valence-corrected chi connectivity index (χ2v) is 14.0. The molecule has 3 aromatic rings. The maximum Gasteiger partial charge on any atom is 0.209 e. The third-order valence-corrected chi connectivity index (χ3v) is 10.4. The summed E-state index contributed by atoms with van der Waals surface area (Å²) >= 11 is 6.12. The van der Waals surface area contributed by atoms with Gasteiger partial charge in [0.1, 0.15) is 0 Å². The van der Waals surface area contributed by atoms with Gasteiger partial charge in [-0.1, -0.05) is 35.9 Å². The van der Waals surface area contributed by atoms with Crippen LogP contribution in [0, 0.1) is 13.8 Å². The molecule has 7 nitrogen and oxygen atoms in total. The molecule has 0 saturated carbocycles. The quantitative estimate of drug-likeness (QED) is 0.478. The number of sulfone groups is 2. The standard InChI is InChI=1S/C23H24ClNO6S3/c1-15-8-13-22(23(14-15)34(30,31)21-7-5-6-20(24)16(21)2)33(28,29)19-11-9-18(10-12-19)17(3)25-32(4,26)27/h5-14,17,25H,1-4H3/t17-/m0/s1. The van der Waals surface area contributed by atoms with Gasteiger partial charge in [-0.2, -0.15) is 0 Å². The van der Waals surface area contributed by atoms with E-state index in [1.54, 1.807) is 26.8 Å². The summed E-state index contributed by atoms with van der Waals surface area (Å²) < 4.78 is 79.5. The molecule has 0 spiro atoms. The van der Waals surface area contributed by atoms with Gasteiger partial charge in [0.25, 0.3) is 0 Å². The predicted molar refractivity (Wildman–Crippen MR) is 131 cm³/mol. The minimum atomic E-state index is -4.23. The van der Waals surface area contributed by atoms with Crippen LogP contribution in [0.2, 0.25) is 5.02 Å². The van der Waals surface area contributed by atoms with Crippen molar-refractivity contribution in [1.29, 1.82) is 0 Å². The summed E-state index contributed by atoms with van der Waals surface area (Å²) in [6, 6.07) is 13.6. The molecular formula is C23H24ClNO6S3. The van der Waals surface area contributed by atoms with Crippen LogP contribution in [0.4, 0.5) is 0 Å². The molecule has 3 rings (SSSR count). The van der Waals surface area contributed by atoms with Crippen molar-refractivity contribution in [1.82, 2.24) is 4.72 Å². The van der Waals surface area contributed by atoms with Crippen LogP contribution in [0.1, 0.15) is 29.7 Å². The van der Waals surface area contributed by atoms with Gasteiger partial charge in [-0.3, -0.25) is 0 Å². The highest BCUT2D eigenvalue weighted by Gasteiger charge is 2.30. The van der Waals surface area contributed by atoms with Crippen LogP contribution in [0.5, 0.6) is 0 Å². The van der Waals surface area contributed by atoms with E-state index in [-0.39, 0.29) is 24.6 Å². The number of sulfonamides is 1. The van der Waals surface area contributed by atoms with Crippen LogP contribution in [-0.4, -0.2) is 31.5 Å². The molecule has 0 aliphatic rings. The van der Waals surface area contributed by atoms with Crippen LogP contribution in [0.25, 0.3) is 0 Å². The summed E-state index contributed by atoms with van der Waals surface area (Å²) in [7, 11) is -11.9. The van der Waals surface area contributed by atoms with E-state index in [1.165, 1.54) is 54.6 Å². The Morgan fingerprint density at radius 2 is 1.38 bits per heavy atom. The van der Waals surface area contributed by atoms with E-state index in [2.05, 4.69) is 4.72 Å². The number of rotatable bonds is 7. The Bertz CT molecular complexity index is 1560. The minimum absolute atomic E-state index is 0.0712. The van der Waals surface area contributed by atoms with Crippen molar-refractivity contribution >= 4 is 41.3 Å². The van der Waals surface area contributed by atoms with Gasteiger partial charge in [0.15, 0.2) is 0 Å². The third-order valence-electron chi connectivity index (χ3n) is 5.27. The van der Waals surface area contributed by atoms with E-state index in [0.717, 1.165) is 6.26 Å². The number of hydrogen-bond acceptors (Lipinski definition) is 6. The van der Waals surface area contributed by atoms with Gasteiger partial charge in [-0.25, -0.2) is 30.0 Å². The van der Waals surface area contributed by atoms with Crippen molar-refractivity contribution in [3.63, 3.8) is 0 Å². The number of aryl methyl sites for hydroxylation is 1. The SMILES string of the molecule is Cc1ccc(S(=O)(=O)c2ccc([C@H](C)NS(C)(=O)=O)cc2)c(S(=O)(=O)c2cccc(Cl)c2C)c1. The molecular weight excluding hydrogens is 518 g/mol. The fourth-order valence-corrected chi connectivity index (χ4v) is 8.16. The zero-order valence-corrected chi connectivity index (χ0v) is 22.1. The predicted octanol–water partition coefficient (Wildman–Crippen LogP) is 4.23. The largest absolute Gasteiger partial charge is 0.218 e. The minimum Gasteiger partial charge on any atom is -0.218 e. The molecule has 1 atom stereocenters. The van der Waals surface area contributed by atoms with Crippen LogP contribution < -0.4 is 4.72 Å². The molecule has 0 heterocycles. The molecule has 0 fully saturated rings. The first kappa shape index (κ1) is 26.4. The van der Waals surface area contributed by atoms with Gasteiger partial charge in [0.2, 0.25) is 29.7 Å². The molecule has 34 heavy (non-hydrogen) atoms. The summed E-state index contributed by atoms with van der Waals surface area (Å²) in [6.45, 7) is 4.86. The highest BCUT2D eigenvalue weighted by Crippen LogP contribution is 2.34. The molecule has 11 heteroatoms. The molecule has 0 aliphatic carbocycles. The maximum absolute atomic E-state index is 13.5. The zero-order chi connectivity index (χ0) is 25.5. The van der Waals surface area contributed by atoms with Gasteiger partial charge >= 0.3 is 0 Å². The lowest BCUT2D eigenvalue weighted by molar-refractivity contribution is 0.572. The Hall–Kier alpha value is -2.24. The number of halogens is 1. The zero-order valence-electron chi connectivity index (χ0n) is 18.9. The summed E-state index contributed by atoms with van der Waals surface area (Å²) in [5.74, 6) is 0. The Labute approximate surface area is 205 Å². The summed E-state index contributed by atoms with van der Waals surface area (Å²) in [6.07, 6.45) is 1.03. The van der Waals surface area contributed by atoms with Crippen molar-refractivity contribution in [2.24, 2.45) is 0 Å². The molecule has 3 aromatic carbocycles. The van der Waals surface area contributed by atoms with Gasteiger partial charge in [-0.05, 0) is 73.9 Å². The Morgan fingerprint density at radius 3 is 1.97 bits per heavy atom. The van der Waals surface area contributed by atoms with E-state index in [0.29, 0.717) is 16.7 Å². The molecule has 0 amide bonds. The van der Waals surface area contributed by atoms with Crippen molar-refractivity contribution in [2.75, 3.05) is 6.26 Å². The molecule has 0 unspecified atom stereocenters. The van der Waals surface area contributed by atoms with Crippen LogP contribution in [0.15, 0.2) is 80.2 Å². The summed E-state index contributed by atoms with van der Waals surface area (Å²) in [5.41, 5.74) is 1.45. The van der Waals surface area contributed by atoms with Gasteiger partial charge in [0, 0.05) is 11.1 Å². The van der Waals surface area contributed by atoms with Crippen LogP contribution in [-0.2, 0) is 29.7 Å². The first-order valence-corrected chi connectivity index (χ1v) is 15.3. The van der Waals surface area contributed by atoms with E-state index in [1.807, 2.05) is 0 Å². The second-order valence-electron chi connectivity index (χ2n) is 8.00. The molecule has 1 N–H and O–H groups in total. The lowest BCUT2D eigenvalue weighted by Gasteiger charge is -2.16. The van der Waals surface area contributed by atoms with E-state index >= 15 is 0 Å². The number of nitrogens with one attached hydrogen (secondary N) is 1. The van der Waals surface area contributed by atoms with E-state index in [9.17, 15) is 25.3 Å². The first-order chi connectivity index (χ1) is 15.6. The molecule has 0 aromatic heterocycles. The second kappa shape index (κ2) is 9.43. The maximum atomic E-state index is 13.5. The van der Waals surface area contributed by atoms with Crippen molar-refractivity contribution in [3.05, 3.63) is 82.4 Å². The Balaban J connectivity index is 2.13. The molecule has 0 aliphatic heterocycles. The normalized spacial score (nSPS) is 13.6. The topological polar surface area (TPSA) is 114 Å². The van der Waals surface area contributed by atoms with Crippen molar-refractivity contribution < 1.29 is 25.3 Å². The fraction of sp³-hybridized carbons (Fsp3) is 0.217. The lowest BCUT2D eigenvalue weighted by Crippen LogP contribution is -2.25. The van der Waals surface area contributed by atoms with Gasteiger partial charge in [-0.15, -0.1) is 0 Å². The number of benzene rings is 3. The molecule has 0 saturated heterocycles. The molecule has 182 valence electrons. The lowest BCUT2D eigenvalue weighted by atomic mass is 10.1. The van der Waals surface area contributed by atoms with Crippen LogP contribution >= 0.6 is 11.6 Å². The van der Waals surface area contributed by atoms with Crippen molar-refractivity contribution in [3.8, 4) is 0 Å². The van der Waals surface area contributed by atoms with Gasteiger partial charge in [0.05, 0.1) is 25.8 Å².